The summed E-state index contributed by atoms with van der Waals surface area (Å²) in [5.41, 5.74) is 0.903. The van der Waals surface area contributed by atoms with E-state index in [1.165, 1.54) is 0 Å². The Morgan fingerprint density at radius 1 is 1.36 bits per heavy atom. The van der Waals surface area contributed by atoms with Crippen molar-refractivity contribution in [3.63, 3.8) is 0 Å². The number of hydrogen-bond donors (Lipinski definition) is 1. The lowest BCUT2D eigenvalue weighted by molar-refractivity contribution is 0.0796. The molecule has 0 fully saturated rings. The van der Waals surface area contributed by atoms with Crippen LogP contribution in [0.5, 0.6) is 5.75 Å². The van der Waals surface area contributed by atoms with Gasteiger partial charge in [-0.05, 0) is 13.0 Å². The Hall–Kier alpha value is -1.02. The molecule has 2 nitrogen and oxygen atoms in total. The molecular formula is C9H10O2. The smallest absolute Gasteiger partial charge is 0.126 e. The van der Waals surface area contributed by atoms with E-state index in [4.69, 9.17) is 4.74 Å². The first-order chi connectivity index (χ1) is 5.29. The SMILES string of the molecule is C[C@@H]1Oc2ccccc2[C@H]1O. The molecule has 1 aliphatic heterocycles. The molecule has 11 heavy (non-hydrogen) atoms. The average Bonchev–Trinajstić information content (AvgIpc) is 2.30. The molecule has 1 N–H and O–H groups in total. The van der Waals surface area contributed by atoms with Crippen molar-refractivity contribution in [3.8, 4) is 5.75 Å². The molecule has 1 aromatic carbocycles. The van der Waals surface area contributed by atoms with Crippen LogP contribution in [0, 0.1) is 0 Å². The van der Waals surface area contributed by atoms with Gasteiger partial charge in [-0.15, -0.1) is 0 Å². The molecule has 0 aromatic heterocycles. The molecular weight excluding hydrogens is 140 g/mol. The van der Waals surface area contributed by atoms with E-state index in [1.807, 2.05) is 31.2 Å². The number of hydrogen-bond acceptors (Lipinski definition) is 2. The number of aliphatic hydroxyl groups excluding tert-OH is 1. The fourth-order valence-electron chi connectivity index (χ4n) is 1.35. The van der Waals surface area contributed by atoms with E-state index < -0.39 is 6.10 Å². The van der Waals surface area contributed by atoms with Crippen LogP contribution in [0.15, 0.2) is 24.3 Å². The van der Waals surface area contributed by atoms with Gasteiger partial charge in [0, 0.05) is 5.56 Å². The quantitative estimate of drug-likeness (QED) is 0.607. The molecule has 1 aromatic rings. The van der Waals surface area contributed by atoms with Gasteiger partial charge in [0.25, 0.3) is 0 Å². The Morgan fingerprint density at radius 2 is 2.09 bits per heavy atom. The zero-order valence-electron chi connectivity index (χ0n) is 6.32. The van der Waals surface area contributed by atoms with Gasteiger partial charge in [0.15, 0.2) is 0 Å². The second kappa shape index (κ2) is 2.24. The van der Waals surface area contributed by atoms with Crippen molar-refractivity contribution in [1.29, 1.82) is 0 Å². The molecule has 0 bridgehead atoms. The zero-order chi connectivity index (χ0) is 7.84. The lowest BCUT2D eigenvalue weighted by Crippen LogP contribution is -2.12. The van der Waals surface area contributed by atoms with Crippen LogP contribution in [0.1, 0.15) is 18.6 Å². The monoisotopic (exact) mass is 150 g/mol. The maximum absolute atomic E-state index is 9.52. The van der Waals surface area contributed by atoms with Gasteiger partial charge in [-0.2, -0.15) is 0 Å². The van der Waals surface area contributed by atoms with Crippen molar-refractivity contribution in [2.24, 2.45) is 0 Å². The van der Waals surface area contributed by atoms with Crippen molar-refractivity contribution in [3.05, 3.63) is 29.8 Å². The molecule has 0 aliphatic carbocycles. The third kappa shape index (κ3) is 0.906. The van der Waals surface area contributed by atoms with Crippen LogP contribution >= 0.6 is 0 Å². The molecule has 0 radical (unpaired) electrons. The Morgan fingerprint density at radius 3 is 2.82 bits per heavy atom. The van der Waals surface area contributed by atoms with Crippen molar-refractivity contribution in [2.45, 2.75) is 19.1 Å². The van der Waals surface area contributed by atoms with Gasteiger partial charge in [0.05, 0.1) is 0 Å². The first-order valence-electron chi connectivity index (χ1n) is 3.72. The standard InChI is InChI=1S/C9H10O2/c1-6-9(10)7-4-2-3-5-8(7)11-6/h2-6,9-10H,1H3/t6-,9-/m0/s1. The maximum atomic E-state index is 9.52. The van der Waals surface area contributed by atoms with Crippen LogP contribution in [0.2, 0.25) is 0 Å². The van der Waals surface area contributed by atoms with E-state index in [2.05, 4.69) is 0 Å². The summed E-state index contributed by atoms with van der Waals surface area (Å²) in [5, 5.41) is 9.52. The Balaban J connectivity index is 2.47. The van der Waals surface area contributed by atoms with E-state index in [0.29, 0.717) is 0 Å². The van der Waals surface area contributed by atoms with Gasteiger partial charge in [0.2, 0.25) is 0 Å². The molecule has 58 valence electrons. The van der Waals surface area contributed by atoms with Crippen molar-refractivity contribution in [1.82, 2.24) is 0 Å². The van der Waals surface area contributed by atoms with E-state index in [-0.39, 0.29) is 6.10 Å². The summed E-state index contributed by atoms with van der Waals surface area (Å²) >= 11 is 0. The second-order valence-electron chi connectivity index (χ2n) is 2.81. The molecule has 2 heteroatoms. The van der Waals surface area contributed by atoms with Crippen LogP contribution in [-0.2, 0) is 0 Å². The van der Waals surface area contributed by atoms with Gasteiger partial charge < -0.3 is 9.84 Å². The predicted octanol–water partition coefficient (Wildman–Crippen LogP) is 1.50. The minimum absolute atomic E-state index is 0.104. The van der Waals surface area contributed by atoms with Crippen molar-refractivity contribution >= 4 is 0 Å². The lowest BCUT2D eigenvalue weighted by Gasteiger charge is -2.06. The van der Waals surface area contributed by atoms with Gasteiger partial charge in [-0.25, -0.2) is 0 Å². The maximum Gasteiger partial charge on any atom is 0.126 e. The summed E-state index contributed by atoms with van der Waals surface area (Å²) in [6.07, 6.45) is -0.557. The van der Waals surface area contributed by atoms with Gasteiger partial charge >= 0.3 is 0 Å². The van der Waals surface area contributed by atoms with E-state index in [0.717, 1.165) is 11.3 Å². The van der Waals surface area contributed by atoms with Gasteiger partial charge in [-0.1, -0.05) is 18.2 Å². The Bertz CT molecular complexity index is 270. The van der Waals surface area contributed by atoms with Crippen LogP contribution in [-0.4, -0.2) is 11.2 Å². The first kappa shape index (κ1) is 6.68. The molecule has 1 heterocycles. The van der Waals surface area contributed by atoms with E-state index in [9.17, 15) is 5.11 Å². The summed E-state index contributed by atoms with van der Waals surface area (Å²) in [6, 6.07) is 7.58. The summed E-state index contributed by atoms with van der Waals surface area (Å²) in [4.78, 5) is 0. The van der Waals surface area contributed by atoms with E-state index >= 15 is 0 Å². The highest BCUT2D eigenvalue weighted by molar-refractivity contribution is 5.39. The van der Waals surface area contributed by atoms with Crippen LogP contribution < -0.4 is 4.74 Å². The lowest BCUT2D eigenvalue weighted by atomic mass is 10.1. The molecule has 0 saturated heterocycles. The van der Waals surface area contributed by atoms with Gasteiger partial charge in [0.1, 0.15) is 18.0 Å². The molecule has 0 spiro atoms. The summed E-state index contributed by atoms with van der Waals surface area (Å²) in [5.74, 6) is 0.813. The van der Waals surface area contributed by atoms with Crippen molar-refractivity contribution < 1.29 is 9.84 Å². The number of para-hydroxylation sites is 1. The minimum atomic E-state index is -0.453. The van der Waals surface area contributed by atoms with Gasteiger partial charge in [-0.3, -0.25) is 0 Å². The van der Waals surface area contributed by atoms with Crippen LogP contribution in [0.3, 0.4) is 0 Å². The molecule has 0 saturated carbocycles. The molecule has 0 unspecified atom stereocenters. The summed E-state index contributed by atoms with van der Waals surface area (Å²) in [6.45, 7) is 1.87. The number of ether oxygens (including phenoxy) is 1. The highest BCUT2D eigenvalue weighted by Crippen LogP contribution is 2.35. The number of fused-ring (bicyclic) bond motifs is 1. The first-order valence-corrected chi connectivity index (χ1v) is 3.72. The summed E-state index contributed by atoms with van der Waals surface area (Å²) < 4.78 is 5.37. The topological polar surface area (TPSA) is 29.5 Å². The van der Waals surface area contributed by atoms with E-state index in [1.54, 1.807) is 0 Å². The number of aliphatic hydroxyl groups is 1. The molecule has 0 amide bonds. The van der Waals surface area contributed by atoms with Crippen molar-refractivity contribution in [2.75, 3.05) is 0 Å². The highest BCUT2D eigenvalue weighted by atomic mass is 16.5. The second-order valence-corrected chi connectivity index (χ2v) is 2.81. The Kier molecular flexibility index (Phi) is 1.36. The third-order valence-corrected chi connectivity index (χ3v) is 2.00. The highest BCUT2D eigenvalue weighted by Gasteiger charge is 2.28. The largest absolute Gasteiger partial charge is 0.487 e. The van der Waals surface area contributed by atoms with Crippen LogP contribution in [0.4, 0.5) is 0 Å². The average molecular weight is 150 g/mol. The number of benzene rings is 1. The minimum Gasteiger partial charge on any atom is -0.487 e. The zero-order valence-corrected chi connectivity index (χ0v) is 6.32. The third-order valence-electron chi connectivity index (χ3n) is 2.00. The van der Waals surface area contributed by atoms with Crippen LogP contribution in [0.25, 0.3) is 0 Å². The predicted molar refractivity (Wildman–Crippen MR) is 41.5 cm³/mol. The fraction of sp³-hybridized carbons (Fsp3) is 0.333. The molecule has 2 rings (SSSR count). The normalized spacial score (nSPS) is 27.8. The Labute approximate surface area is 65.4 Å². The molecule has 2 atom stereocenters. The number of rotatable bonds is 0. The summed E-state index contributed by atoms with van der Waals surface area (Å²) in [7, 11) is 0. The fourth-order valence-corrected chi connectivity index (χ4v) is 1.35. The molecule has 1 aliphatic rings.